The first kappa shape index (κ1) is 18.6. The van der Waals surface area contributed by atoms with Crippen molar-refractivity contribution in [1.29, 1.82) is 0 Å². The summed E-state index contributed by atoms with van der Waals surface area (Å²) in [5.74, 6) is -0.106. The number of nitrogens with zero attached hydrogens (tertiary/aromatic N) is 4. The fourth-order valence-electron chi connectivity index (χ4n) is 2.69. The fourth-order valence-corrected chi connectivity index (χ4v) is 2.69. The van der Waals surface area contributed by atoms with Crippen molar-refractivity contribution in [2.45, 2.75) is 13.0 Å². The summed E-state index contributed by atoms with van der Waals surface area (Å²) in [7, 11) is 0. The van der Waals surface area contributed by atoms with Gasteiger partial charge in [0.15, 0.2) is 0 Å². The van der Waals surface area contributed by atoms with Crippen LogP contribution < -0.4 is 15.5 Å². The van der Waals surface area contributed by atoms with Gasteiger partial charge in [-0.1, -0.05) is 0 Å². The van der Waals surface area contributed by atoms with E-state index in [2.05, 4.69) is 20.6 Å². The number of rotatable bonds is 4. The standard InChI is InChI=1S/C18H21FN6O2/c1-13(16(26)23-15-5-3-14(19)4-6-15)22-18(27)25-11-9-24(10-12-25)17-20-7-2-8-21-17/h2-8,13H,9-12H2,1H3,(H,22,27)(H,23,26). The van der Waals surface area contributed by atoms with E-state index in [-0.39, 0.29) is 17.8 Å². The smallest absolute Gasteiger partial charge is 0.318 e. The minimum atomic E-state index is -0.724. The van der Waals surface area contributed by atoms with Crippen LogP contribution in [-0.2, 0) is 4.79 Å². The zero-order valence-electron chi connectivity index (χ0n) is 14.9. The van der Waals surface area contributed by atoms with Crippen molar-refractivity contribution in [2.24, 2.45) is 0 Å². The highest BCUT2D eigenvalue weighted by molar-refractivity contribution is 5.96. The maximum atomic E-state index is 12.9. The molecule has 9 heteroatoms. The van der Waals surface area contributed by atoms with E-state index in [9.17, 15) is 14.0 Å². The van der Waals surface area contributed by atoms with Gasteiger partial charge in [0.1, 0.15) is 11.9 Å². The molecule has 142 valence electrons. The first-order valence-corrected chi connectivity index (χ1v) is 8.67. The van der Waals surface area contributed by atoms with Gasteiger partial charge in [-0.15, -0.1) is 0 Å². The van der Waals surface area contributed by atoms with Gasteiger partial charge in [-0.25, -0.2) is 19.2 Å². The van der Waals surface area contributed by atoms with E-state index in [1.807, 2.05) is 4.90 Å². The lowest BCUT2D eigenvalue weighted by atomic mass is 10.2. The summed E-state index contributed by atoms with van der Waals surface area (Å²) in [6.45, 7) is 3.86. The largest absolute Gasteiger partial charge is 0.337 e. The zero-order chi connectivity index (χ0) is 19.2. The summed E-state index contributed by atoms with van der Waals surface area (Å²) in [5.41, 5.74) is 0.471. The Morgan fingerprint density at radius 3 is 2.33 bits per heavy atom. The number of amides is 3. The third kappa shape index (κ3) is 4.90. The Morgan fingerprint density at radius 1 is 1.07 bits per heavy atom. The van der Waals surface area contributed by atoms with Gasteiger partial charge in [0.05, 0.1) is 0 Å². The summed E-state index contributed by atoms with van der Waals surface area (Å²) in [6, 6.07) is 6.18. The molecule has 2 heterocycles. The molecular weight excluding hydrogens is 351 g/mol. The van der Waals surface area contributed by atoms with Crippen LogP contribution in [0.2, 0.25) is 0 Å². The van der Waals surface area contributed by atoms with Gasteiger partial charge in [-0.2, -0.15) is 0 Å². The first-order chi connectivity index (χ1) is 13.0. The van der Waals surface area contributed by atoms with Crippen LogP contribution in [0.3, 0.4) is 0 Å². The lowest BCUT2D eigenvalue weighted by Crippen LogP contribution is -2.55. The van der Waals surface area contributed by atoms with Crippen LogP contribution in [0.4, 0.5) is 20.8 Å². The van der Waals surface area contributed by atoms with E-state index in [4.69, 9.17) is 0 Å². The molecule has 1 fully saturated rings. The number of urea groups is 1. The van der Waals surface area contributed by atoms with Gasteiger partial charge in [0, 0.05) is 44.3 Å². The molecule has 1 aromatic heterocycles. The lowest BCUT2D eigenvalue weighted by Gasteiger charge is -2.35. The highest BCUT2D eigenvalue weighted by atomic mass is 19.1. The number of piperazine rings is 1. The van der Waals surface area contributed by atoms with Crippen LogP contribution in [0.25, 0.3) is 0 Å². The van der Waals surface area contributed by atoms with Gasteiger partial charge in [-0.3, -0.25) is 4.79 Å². The van der Waals surface area contributed by atoms with Crippen molar-refractivity contribution in [1.82, 2.24) is 20.2 Å². The average Bonchev–Trinajstić information content (AvgIpc) is 2.70. The van der Waals surface area contributed by atoms with Gasteiger partial charge in [0.25, 0.3) is 0 Å². The molecule has 1 aliphatic heterocycles. The second kappa shape index (κ2) is 8.43. The molecule has 1 aliphatic rings. The van der Waals surface area contributed by atoms with E-state index in [0.717, 1.165) is 0 Å². The van der Waals surface area contributed by atoms with E-state index in [1.54, 1.807) is 30.3 Å². The SMILES string of the molecule is CC(NC(=O)N1CCN(c2ncccn2)CC1)C(=O)Nc1ccc(F)cc1. The Morgan fingerprint density at radius 2 is 1.70 bits per heavy atom. The Bertz CT molecular complexity index is 778. The fraction of sp³-hybridized carbons (Fsp3) is 0.333. The zero-order valence-corrected chi connectivity index (χ0v) is 14.9. The molecule has 0 aliphatic carbocycles. The summed E-state index contributed by atoms with van der Waals surface area (Å²) in [5, 5.41) is 5.33. The highest BCUT2D eigenvalue weighted by Crippen LogP contribution is 2.11. The molecule has 0 saturated carbocycles. The Balaban J connectivity index is 1.47. The molecule has 2 aromatic rings. The predicted octanol–water partition coefficient (Wildman–Crippen LogP) is 1.47. The highest BCUT2D eigenvalue weighted by Gasteiger charge is 2.24. The molecule has 3 amide bonds. The third-order valence-corrected chi connectivity index (χ3v) is 4.25. The summed E-state index contributed by atoms with van der Waals surface area (Å²) < 4.78 is 12.9. The van der Waals surface area contributed by atoms with Crippen molar-refractivity contribution >= 4 is 23.6 Å². The van der Waals surface area contributed by atoms with Crippen LogP contribution in [-0.4, -0.2) is 59.0 Å². The molecule has 0 radical (unpaired) electrons. The summed E-state index contributed by atoms with van der Waals surface area (Å²) in [4.78, 5) is 36.7. The second-order valence-corrected chi connectivity index (χ2v) is 6.19. The maximum absolute atomic E-state index is 12.9. The minimum Gasteiger partial charge on any atom is -0.337 e. The number of hydrogen-bond donors (Lipinski definition) is 2. The van der Waals surface area contributed by atoms with Gasteiger partial charge in [0.2, 0.25) is 11.9 Å². The minimum absolute atomic E-state index is 0.301. The van der Waals surface area contributed by atoms with Crippen LogP contribution in [0.15, 0.2) is 42.7 Å². The van der Waals surface area contributed by atoms with Crippen LogP contribution >= 0.6 is 0 Å². The number of nitrogens with one attached hydrogen (secondary N) is 2. The number of aromatic nitrogens is 2. The maximum Gasteiger partial charge on any atom is 0.318 e. The molecule has 2 N–H and O–H groups in total. The van der Waals surface area contributed by atoms with Gasteiger partial charge in [-0.05, 0) is 37.3 Å². The van der Waals surface area contributed by atoms with Crippen molar-refractivity contribution in [3.8, 4) is 0 Å². The van der Waals surface area contributed by atoms with E-state index in [0.29, 0.717) is 37.8 Å². The molecule has 0 bridgehead atoms. The molecule has 3 rings (SSSR count). The van der Waals surface area contributed by atoms with Crippen LogP contribution in [0.5, 0.6) is 0 Å². The Labute approximate surface area is 156 Å². The van der Waals surface area contributed by atoms with Crippen molar-refractivity contribution in [3.05, 3.63) is 48.5 Å². The quantitative estimate of drug-likeness (QED) is 0.848. The van der Waals surface area contributed by atoms with E-state index < -0.39 is 6.04 Å². The molecule has 1 atom stereocenters. The third-order valence-electron chi connectivity index (χ3n) is 4.25. The molecule has 8 nitrogen and oxygen atoms in total. The number of halogens is 1. The second-order valence-electron chi connectivity index (χ2n) is 6.19. The topological polar surface area (TPSA) is 90.5 Å². The van der Waals surface area contributed by atoms with Crippen LogP contribution in [0, 0.1) is 5.82 Å². The normalized spacial score (nSPS) is 15.2. The van der Waals surface area contributed by atoms with Gasteiger partial charge >= 0.3 is 6.03 Å². The average molecular weight is 372 g/mol. The number of hydrogen-bond acceptors (Lipinski definition) is 5. The summed E-state index contributed by atoms with van der Waals surface area (Å²) in [6.07, 6.45) is 3.37. The Hall–Kier alpha value is -3.23. The predicted molar refractivity (Wildman–Crippen MR) is 98.8 cm³/mol. The Kier molecular flexibility index (Phi) is 5.80. The number of carbonyl (C=O) groups excluding carboxylic acids is 2. The lowest BCUT2D eigenvalue weighted by molar-refractivity contribution is -0.117. The first-order valence-electron chi connectivity index (χ1n) is 8.67. The molecular formula is C18H21FN6O2. The molecule has 1 saturated heterocycles. The monoisotopic (exact) mass is 372 g/mol. The van der Waals surface area contributed by atoms with Crippen molar-refractivity contribution in [3.63, 3.8) is 0 Å². The van der Waals surface area contributed by atoms with Gasteiger partial charge < -0.3 is 20.4 Å². The van der Waals surface area contributed by atoms with E-state index in [1.165, 1.54) is 24.3 Å². The molecule has 0 spiro atoms. The molecule has 27 heavy (non-hydrogen) atoms. The molecule has 1 aromatic carbocycles. The number of anilines is 2. The van der Waals surface area contributed by atoms with E-state index >= 15 is 0 Å². The number of benzene rings is 1. The van der Waals surface area contributed by atoms with Crippen molar-refractivity contribution in [2.75, 3.05) is 36.4 Å². The van der Waals surface area contributed by atoms with Crippen molar-refractivity contribution < 1.29 is 14.0 Å². The number of carbonyl (C=O) groups is 2. The van der Waals surface area contributed by atoms with Crippen LogP contribution in [0.1, 0.15) is 6.92 Å². The summed E-state index contributed by atoms with van der Waals surface area (Å²) >= 11 is 0. The molecule has 1 unspecified atom stereocenters.